The fourth-order valence-electron chi connectivity index (χ4n) is 5.27. The third-order valence-corrected chi connectivity index (χ3v) is 7.15. The van der Waals surface area contributed by atoms with Gasteiger partial charge in [0, 0.05) is 48.6 Å². The van der Waals surface area contributed by atoms with Crippen LogP contribution in [0.25, 0.3) is 16.9 Å². The minimum Gasteiger partial charge on any atom is -0.367 e. The highest BCUT2D eigenvalue weighted by molar-refractivity contribution is 5.67. The molecule has 2 aliphatic rings. The molecule has 1 N–H and O–H groups in total. The van der Waals surface area contributed by atoms with E-state index >= 15 is 0 Å². The van der Waals surface area contributed by atoms with Crippen molar-refractivity contribution in [2.75, 3.05) is 18.4 Å². The number of rotatable bonds is 5. The van der Waals surface area contributed by atoms with Gasteiger partial charge in [-0.25, -0.2) is 4.98 Å². The Balaban J connectivity index is 1.24. The number of benzene rings is 2. The summed E-state index contributed by atoms with van der Waals surface area (Å²) < 4.78 is 2.07. The number of likely N-dealkylation sites (tertiary alicyclic amines) is 1. The topological polar surface area (TPSA) is 45.5 Å². The molecule has 168 valence electrons. The molecule has 1 saturated heterocycles. The fourth-order valence-corrected chi connectivity index (χ4v) is 5.27. The van der Waals surface area contributed by atoms with Gasteiger partial charge in [-0.15, -0.1) is 0 Å². The van der Waals surface area contributed by atoms with Crippen LogP contribution in [-0.4, -0.2) is 38.6 Å². The summed E-state index contributed by atoms with van der Waals surface area (Å²) in [6.45, 7) is 5.40. The van der Waals surface area contributed by atoms with Crippen LogP contribution in [0.5, 0.6) is 0 Å². The largest absolute Gasteiger partial charge is 0.367 e. The van der Waals surface area contributed by atoms with Gasteiger partial charge in [-0.1, -0.05) is 60.2 Å². The molecule has 2 aromatic carbocycles. The number of anilines is 1. The standard InChI is InChI=1S/C28H31N5/c1-20-10-12-22(13-11-20)26-18-27-30-25-9-5-8-24(25)28(33(27)31-26)29-23-14-16-32(17-15-23)19-21-6-3-2-4-7-21/h2-4,6-7,10-13,18,23,29H,5,8-9,14-17,19H2,1H3. The molecule has 0 atom stereocenters. The van der Waals surface area contributed by atoms with Gasteiger partial charge in [0.2, 0.25) is 0 Å². The smallest absolute Gasteiger partial charge is 0.158 e. The Morgan fingerprint density at radius 3 is 2.55 bits per heavy atom. The van der Waals surface area contributed by atoms with Crippen molar-refractivity contribution in [2.45, 2.75) is 51.6 Å². The molecule has 33 heavy (non-hydrogen) atoms. The molecule has 5 nitrogen and oxygen atoms in total. The molecule has 2 aromatic heterocycles. The van der Waals surface area contributed by atoms with Crippen molar-refractivity contribution < 1.29 is 0 Å². The van der Waals surface area contributed by atoms with Gasteiger partial charge in [0.1, 0.15) is 5.82 Å². The van der Waals surface area contributed by atoms with Crippen LogP contribution in [0.3, 0.4) is 0 Å². The predicted molar refractivity (Wildman–Crippen MR) is 134 cm³/mol. The van der Waals surface area contributed by atoms with Gasteiger partial charge in [-0.3, -0.25) is 4.90 Å². The van der Waals surface area contributed by atoms with E-state index in [1.54, 1.807) is 0 Å². The van der Waals surface area contributed by atoms with E-state index in [0.717, 1.165) is 62.2 Å². The van der Waals surface area contributed by atoms with Crippen LogP contribution in [0.15, 0.2) is 60.7 Å². The summed E-state index contributed by atoms with van der Waals surface area (Å²) in [6, 6.07) is 22.0. The van der Waals surface area contributed by atoms with Gasteiger partial charge in [0.15, 0.2) is 5.65 Å². The Morgan fingerprint density at radius 1 is 0.970 bits per heavy atom. The van der Waals surface area contributed by atoms with Crippen molar-refractivity contribution in [3.05, 3.63) is 83.0 Å². The van der Waals surface area contributed by atoms with Crippen LogP contribution in [0.2, 0.25) is 0 Å². The summed E-state index contributed by atoms with van der Waals surface area (Å²) in [4.78, 5) is 7.56. The highest BCUT2D eigenvalue weighted by atomic mass is 15.3. The molecule has 5 heteroatoms. The van der Waals surface area contributed by atoms with Crippen molar-refractivity contribution >= 4 is 11.5 Å². The first kappa shape index (κ1) is 20.4. The molecule has 1 fully saturated rings. The zero-order valence-electron chi connectivity index (χ0n) is 19.3. The summed E-state index contributed by atoms with van der Waals surface area (Å²) in [5.74, 6) is 1.17. The summed E-state index contributed by atoms with van der Waals surface area (Å²) in [7, 11) is 0. The van der Waals surface area contributed by atoms with Crippen molar-refractivity contribution in [2.24, 2.45) is 0 Å². The zero-order chi connectivity index (χ0) is 22.2. The first-order valence-electron chi connectivity index (χ1n) is 12.2. The molecule has 1 aliphatic heterocycles. The van der Waals surface area contributed by atoms with E-state index in [9.17, 15) is 0 Å². The van der Waals surface area contributed by atoms with Gasteiger partial charge >= 0.3 is 0 Å². The van der Waals surface area contributed by atoms with Crippen LogP contribution in [0, 0.1) is 6.92 Å². The van der Waals surface area contributed by atoms with Gasteiger partial charge < -0.3 is 5.32 Å². The zero-order valence-corrected chi connectivity index (χ0v) is 19.3. The maximum absolute atomic E-state index is 5.01. The normalized spacial score (nSPS) is 16.9. The number of nitrogens with one attached hydrogen (secondary N) is 1. The van der Waals surface area contributed by atoms with E-state index in [-0.39, 0.29) is 0 Å². The third kappa shape index (κ3) is 4.13. The lowest BCUT2D eigenvalue weighted by Crippen LogP contribution is -2.39. The van der Waals surface area contributed by atoms with Gasteiger partial charge in [0.25, 0.3) is 0 Å². The summed E-state index contributed by atoms with van der Waals surface area (Å²) in [5.41, 5.74) is 8.38. The van der Waals surface area contributed by atoms with E-state index in [1.165, 1.54) is 34.6 Å². The molecule has 0 spiro atoms. The van der Waals surface area contributed by atoms with Gasteiger partial charge in [-0.2, -0.15) is 9.61 Å². The van der Waals surface area contributed by atoms with Crippen molar-refractivity contribution in [3.8, 4) is 11.3 Å². The molecule has 0 saturated carbocycles. The van der Waals surface area contributed by atoms with E-state index in [2.05, 4.69) is 82.3 Å². The van der Waals surface area contributed by atoms with Crippen molar-refractivity contribution in [1.29, 1.82) is 0 Å². The second kappa shape index (κ2) is 8.64. The minimum absolute atomic E-state index is 0.472. The lowest BCUT2D eigenvalue weighted by Gasteiger charge is -2.33. The highest BCUT2D eigenvalue weighted by Gasteiger charge is 2.25. The number of hydrogen-bond donors (Lipinski definition) is 1. The first-order chi connectivity index (χ1) is 16.2. The number of nitrogens with zero attached hydrogens (tertiary/aromatic N) is 4. The van der Waals surface area contributed by atoms with E-state index in [4.69, 9.17) is 10.1 Å². The van der Waals surface area contributed by atoms with Gasteiger partial charge in [-0.05, 0) is 44.6 Å². The maximum Gasteiger partial charge on any atom is 0.158 e. The molecule has 0 amide bonds. The lowest BCUT2D eigenvalue weighted by molar-refractivity contribution is 0.211. The van der Waals surface area contributed by atoms with E-state index in [1.807, 2.05) is 0 Å². The molecule has 4 aromatic rings. The van der Waals surface area contributed by atoms with Crippen LogP contribution >= 0.6 is 0 Å². The Labute approximate surface area is 195 Å². The number of piperidine rings is 1. The van der Waals surface area contributed by atoms with Crippen LogP contribution in [0.4, 0.5) is 5.82 Å². The van der Waals surface area contributed by atoms with E-state index in [0.29, 0.717) is 6.04 Å². The third-order valence-electron chi connectivity index (χ3n) is 7.15. The molecule has 0 radical (unpaired) electrons. The Kier molecular flexibility index (Phi) is 5.35. The van der Waals surface area contributed by atoms with E-state index < -0.39 is 0 Å². The molecule has 1 aliphatic carbocycles. The summed E-state index contributed by atoms with van der Waals surface area (Å²) in [6.07, 6.45) is 5.65. The minimum atomic E-state index is 0.472. The number of aromatic nitrogens is 3. The Morgan fingerprint density at radius 2 is 1.76 bits per heavy atom. The monoisotopic (exact) mass is 437 g/mol. The predicted octanol–water partition coefficient (Wildman–Crippen LogP) is 5.27. The number of aryl methyl sites for hydroxylation is 2. The quantitative estimate of drug-likeness (QED) is 0.462. The van der Waals surface area contributed by atoms with Crippen molar-refractivity contribution in [1.82, 2.24) is 19.5 Å². The highest BCUT2D eigenvalue weighted by Crippen LogP contribution is 2.32. The van der Waals surface area contributed by atoms with Gasteiger partial charge in [0.05, 0.1) is 5.69 Å². The average molecular weight is 438 g/mol. The fraction of sp³-hybridized carbons (Fsp3) is 0.357. The molecule has 3 heterocycles. The lowest BCUT2D eigenvalue weighted by atomic mass is 10.0. The molecular weight excluding hydrogens is 406 g/mol. The molecular formula is C28H31N5. The molecule has 0 bridgehead atoms. The molecule has 6 rings (SSSR count). The average Bonchev–Trinajstić information content (AvgIpc) is 3.48. The summed E-state index contributed by atoms with van der Waals surface area (Å²) >= 11 is 0. The Bertz CT molecular complexity index is 1250. The SMILES string of the molecule is Cc1ccc(-c2cc3nc4c(c(NC5CCN(Cc6ccccc6)CC5)n3n2)CCC4)cc1. The number of fused-ring (bicyclic) bond motifs is 2. The second-order valence-electron chi connectivity index (χ2n) is 9.59. The van der Waals surface area contributed by atoms with Crippen LogP contribution in [-0.2, 0) is 19.4 Å². The summed E-state index contributed by atoms with van der Waals surface area (Å²) in [5, 5.41) is 8.92. The second-order valence-corrected chi connectivity index (χ2v) is 9.59. The first-order valence-corrected chi connectivity index (χ1v) is 12.2. The van der Waals surface area contributed by atoms with Crippen LogP contribution in [0.1, 0.15) is 41.6 Å². The van der Waals surface area contributed by atoms with Crippen molar-refractivity contribution in [3.63, 3.8) is 0 Å². The van der Waals surface area contributed by atoms with Crippen LogP contribution < -0.4 is 5.32 Å². The Hall–Kier alpha value is -3.18. The molecule has 0 unspecified atom stereocenters. The maximum atomic E-state index is 5.01. The number of hydrogen-bond acceptors (Lipinski definition) is 4.